The minimum absolute atomic E-state index is 0. The molecule has 0 aromatic carbocycles. The Morgan fingerprint density at radius 3 is 2.45 bits per heavy atom. The van der Waals surface area contributed by atoms with Gasteiger partial charge in [-0.3, -0.25) is 15.0 Å². The van der Waals surface area contributed by atoms with Gasteiger partial charge in [-0.2, -0.15) is 0 Å². The number of imide groups is 1. The summed E-state index contributed by atoms with van der Waals surface area (Å²) >= 11 is 0. The molecule has 0 spiro atoms. The molecule has 0 radical (unpaired) electrons. The molecule has 1 aliphatic heterocycles. The van der Waals surface area contributed by atoms with Gasteiger partial charge in [0, 0.05) is 25.2 Å². The molecular formula is C13H25ClN4O2. The second kappa shape index (κ2) is 8.44. The Kier molecular flexibility index (Phi) is 7.26. The smallest absolute Gasteiger partial charge is 0.321 e. The molecule has 20 heavy (non-hydrogen) atoms. The summed E-state index contributed by atoms with van der Waals surface area (Å²) in [4.78, 5) is 25.4. The summed E-state index contributed by atoms with van der Waals surface area (Å²) < 4.78 is 0. The highest BCUT2D eigenvalue weighted by molar-refractivity contribution is 5.95. The molecule has 1 saturated heterocycles. The van der Waals surface area contributed by atoms with Crippen molar-refractivity contribution in [2.24, 2.45) is 5.73 Å². The van der Waals surface area contributed by atoms with Crippen molar-refractivity contribution in [3.8, 4) is 0 Å². The van der Waals surface area contributed by atoms with Crippen LogP contribution in [0.25, 0.3) is 0 Å². The van der Waals surface area contributed by atoms with Gasteiger partial charge in [0.1, 0.15) is 0 Å². The molecule has 0 aromatic heterocycles. The van der Waals surface area contributed by atoms with Crippen LogP contribution in [0.2, 0.25) is 0 Å². The molecule has 116 valence electrons. The number of likely N-dealkylation sites (tertiary alicyclic amines) is 1. The largest absolute Gasteiger partial charge is 0.335 e. The summed E-state index contributed by atoms with van der Waals surface area (Å²) in [7, 11) is 0. The number of amides is 3. The summed E-state index contributed by atoms with van der Waals surface area (Å²) in [6, 6.07) is 0.0195. The second-order valence-electron chi connectivity index (χ2n) is 5.64. The lowest BCUT2D eigenvalue weighted by Gasteiger charge is -2.23. The molecule has 3 amide bonds. The van der Waals surface area contributed by atoms with E-state index in [2.05, 4.69) is 10.6 Å². The highest BCUT2D eigenvalue weighted by Gasteiger charge is 2.22. The zero-order chi connectivity index (χ0) is 13.7. The van der Waals surface area contributed by atoms with Crippen molar-refractivity contribution in [3.05, 3.63) is 0 Å². The highest BCUT2D eigenvalue weighted by Crippen LogP contribution is 2.17. The van der Waals surface area contributed by atoms with Gasteiger partial charge < -0.3 is 11.1 Å². The Balaban J connectivity index is 0.00000200. The van der Waals surface area contributed by atoms with Crippen LogP contribution in [-0.4, -0.2) is 48.6 Å². The van der Waals surface area contributed by atoms with E-state index in [9.17, 15) is 9.59 Å². The lowest BCUT2D eigenvalue weighted by molar-refractivity contribution is -0.120. The summed E-state index contributed by atoms with van der Waals surface area (Å²) in [5.74, 6) is -0.248. The zero-order valence-corrected chi connectivity index (χ0v) is 12.6. The molecule has 1 atom stereocenters. The van der Waals surface area contributed by atoms with E-state index in [-0.39, 0.29) is 43.0 Å². The fourth-order valence-electron chi connectivity index (χ4n) is 2.84. The molecule has 1 heterocycles. The van der Waals surface area contributed by atoms with E-state index < -0.39 is 0 Å². The van der Waals surface area contributed by atoms with E-state index in [1.54, 1.807) is 0 Å². The Bertz CT molecular complexity index is 318. The first kappa shape index (κ1) is 17.2. The van der Waals surface area contributed by atoms with Crippen LogP contribution in [0.15, 0.2) is 0 Å². The highest BCUT2D eigenvalue weighted by atomic mass is 35.5. The summed E-state index contributed by atoms with van der Waals surface area (Å²) in [6.07, 6.45) is 6.51. The van der Waals surface area contributed by atoms with Crippen molar-refractivity contribution in [3.63, 3.8) is 0 Å². The maximum atomic E-state index is 11.7. The number of carbonyl (C=O) groups is 2. The minimum Gasteiger partial charge on any atom is -0.335 e. The van der Waals surface area contributed by atoms with Crippen molar-refractivity contribution >= 4 is 24.3 Å². The van der Waals surface area contributed by atoms with Gasteiger partial charge >= 0.3 is 6.03 Å². The average Bonchev–Trinajstić information content (AvgIpc) is 2.75. The van der Waals surface area contributed by atoms with Crippen LogP contribution in [0.1, 0.15) is 38.5 Å². The lowest BCUT2D eigenvalue weighted by atomic mass is 9.96. The van der Waals surface area contributed by atoms with Crippen molar-refractivity contribution in [2.45, 2.75) is 50.6 Å². The average molecular weight is 305 g/mol. The van der Waals surface area contributed by atoms with Crippen LogP contribution in [0, 0.1) is 0 Å². The molecule has 0 aromatic rings. The lowest BCUT2D eigenvalue weighted by Crippen LogP contribution is -2.48. The Hall–Kier alpha value is -0.850. The first-order chi connectivity index (χ1) is 9.13. The number of nitrogens with two attached hydrogens (primary N) is 1. The van der Waals surface area contributed by atoms with Gasteiger partial charge in [-0.25, -0.2) is 4.79 Å². The standard InChI is InChI=1S/C13H24N4O2.ClH/c14-10-6-7-17(8-10)9-12(18)16-13(19)15-11-4-2-1-3-5-11;/h10-11H,1-9,14H2,(H2,15,16,18,19);1H. The van der Waals surface area contributed by atoms with Crippen molar-refractivity contribution < 1.29 is 9.59 Å². The monoisotopic (exact) mass is 304 g/mol. The number of nitrogens with zero attached hydrogens (tertiary/aromatic N) is 1. The number of rotatable bonds is 3. The van der Waals surface area contributed by atoms with Crippen molar-refractivity contribution in [2.75, 3.05) is 19.6 Å². The van der Waals surface area contributed by atoms with Crippen molar-refractivity contribution in [1.82, 2.24) is 15.5 Å². The molecular weight excluding hydrogens is 280 g/mol. The number of nitrogens with one attached hydrogen (secondary N) is 2. The van der Waals surface area contributed by atoms with E-state index in [1.807, 2.05) is 4.90 Å². The van der Waals surface area contributed by atoms with Crippen LogP contribution in [0.4, 0.5) is 4.79 Å². The SMILES string of the molecule is Cl.NC1CCN(CC(=O)NC(=O)NC2CCCCC2)C1. The first-order valence-electron chi connectivity index (χ1n) is 7.22. The number of carbonyl (C=O) groups excluding carboxylic acids is 2. The number of hydrogen-bond acceptors (Lipinski definition) is 4. The molecule has 1 saturated carbocycles. The molecule has 6 nitrogen and oxygen atoms in total. The Labute approximate surface area is 126 Å². The fourth-order valence-corrected chi connectivity index (χ4v) is 2.84. The molecule has 7 heteroatoms. The third kappa shape index (κ3) is 5.64. The molecule has 4 N–H and O–H groups in total. The number of halogens is 1. The van der Waals surface area contributed by atoms with Gasteiger partial charge in [-0.1, -0.05) is 19.3 Å². The zero-order valence-electron chi connectivity index (χ0n) is 11.8. The van der Waals surface area contributed by atoms with Gasteiger partial charge in [-0.15, -0.1) is 12.4 Å². The molecule has 1 aliphatic carbocycles. The Morgan fingerprint density at radius 1 is 1.15 bits per heavy atom. The molecule has 2 aliphatic rings. The van der Waals surface area contributed by atoms with E-state index in [1.165, 1.54) is 6.42 Å². The number of hydrogen-bond donors (Lipinski definition) is 3. The normalized spacial score (nSPS) is 23.9. The summed E-state index contributed by atoms with van der Waals surface area (Å²) in [5, 5.41) is 5.27. The van der Waals surface area contributed by atoms with Crippen LogP contribution >= 0.6 is 12.4 Å². The summed E-state index contributed by atoms with van der Waals surface area (Å²) in [5.41, 5.74) is 5.77. The second-order valence-corrected chi connectivity index (χ2v) is 5.64. The molecule has 2 fully saturated rings. The summed E-state index contributed by atoms with van der Waals surface area (Å²) in [6.45, 7) is 1.82. The molecule has 1 unspecified atom stereocenters. The van der Waals surface area contributed by atoms with Gasteiger partial charge in [0.2, 0.25) is 5.91 Å². The third-order valence-corrected chi connectivity index (χ3v) is 3.87. The van der Waals surface area contributed by atoms with Crippen molar-refractivity contribution in [1.29, 1.82) is 0 Å². The van der Waals surface area contributed by atoms with Gasteiger partial charge in [-0.05, 0) is 19.3 Å². The third-order valence-electron chi connectivity index (χ3n) is 3.87. The van der Waals surface area contributed by atoms with Crippen LogP contribution in [0.5, 0.6) is 0 Å². The van der Waals surface area contributed by atoms with E-state index in [4.69, 9.17) is 5.73 Å². The van der Waals surface area contributed by atoms with Crippen LogP contribution < -0.4 is 16.4 Å². The van der Waals surface area contributed by atoms with Crippen LogP contribution in [0.3, 0.4) is 0 Å². The quantitative estimate of drug-likeness (QED) is 0.712. The number of urea groups is 1. The van der Waals surface area contributed by atoms with E-state index in [0.717, 1.165) is 45.2 Å². The predicted octanol–water partition coefficient (Wildman–Crippen LogP) is 0.600. The van der Waals surface area contributed by atoms with Gasteiger partial charge in [0.15, 0.2) is 0 Å². The maximum absolute atomic E-state index is 11.7. The fraction of sp³-hybridized carbons (Fsp3) is 0.846. The first-order valence-corrected chi connectivity index (χ1v) is 7.22. The van der Waals surface area contributed by atoms with E-state index in [0.29, 0.717) is 0 Å². The van der Waals surface area contributed by atoms with Gasteiger partial charge in [0.05, 0.1) is 6.54 Å². The van der Waals surface area contributed by atoms with E-state index >= 15 is 0 Å². The topological polar surface area (TPSA) is 87.5 Å². The minimum atomic E-state index is -0.361. The van der Waals surface area contributed by atoms with Crippen LogP contribution in [-0.2, 0) is 4.79 Å². The predicted molar refractivity (Wildman–Crippen MR) is 79.8 cm³/mol. The molecule has 2 rings (SSSR count). The Morgan fingerprint density at radius 2 is 1.85 bits per heavy atom. The maximum Gasteiger partial charge on any atom is 0.321 e. The van der Waals surface area contributed by atoms with Gasteiger partial charge in [0.25, 0.3) is 0 Å². The molecule has 0 bridgehead atoms.